The van der Waals surface area contributed by atoms with E-state index in [2.05, 4.69) is 32.1 Å². The predicted molar refractivity (Wildman–Crippen MR) is 36.4 cm³/mol. The zero-order valence-corrected chi connectivity index (χ0v) is 6.14. The molecule has 1 rings (SSSR count). The molecule has 2 heteroatoms. The van der Waals surface area contributed by atoms with Crippen molar-refractivity contribution in [2.45, 2.75) is 33.3 Å². The van der Waals surface area contributed by atoms with Gasteiger partial charge in [0.1, 0.15) is 12.3 Å². The fraction of sp³-hybridized carbons (Fsp3) is 0.857. The quantitative estimate of drug-likeness (QED) is 0.484. The highest BCUT2D eigenvalue weighted by molar-refractivity contribution is 5.58. The standard InChI is InChI=1S/C7H12NO/c1-7(2,3)6-4-5-8-9-6/h6H,4H2,1-3H3. The Labute approximate surface area is 55.9 Å². The first-order valence-corrected chi connectivity index (χ1v) is 3.19. The van der Waals surface area contributed by atoms with Gasteiger partial charge in [-0.2, -0.15) is 0 Å². The van der Waals surface area contributed by atoms with Crippen molar-refractivity contribution in [1.29, 1.82) is 0 Å². The predicted octanol–water partition coefficient (Wildman–Crippen LogP) is 1.68. The molecule has 0 amide bonds. The van der Waals surface area contributed by atoms with Crippen LogP contribution in [-0.4, -0.2) is 12.3 Å². The number of nitrogens with zero attached hydrogens (tertiary/aromatic N) is 1. The molecule has 0 fully saturated rings. The summed E-state index contributed by atoms with van der Waals surface area (Å²) in [4.78, 5) is 5.03. The van der Waals surface area contributed by atoms with Crippen molar-refractivity contribution in [2.75, 3.05) is 0 Å². The summed E-state index contributed by atoms with van der Waals surface area (Å²) in [5.41, 5.74) is 0.201. The van der Waals surface area contributed by atoms with Crippen LogP contribution in [0.2, 0.25) is 0 Å². The summed E-state index contributed by atoms with van der Waals surface area (Å²) >= 11 is 0. The van der Waals surface area contributed by atoms with Gasteiger partial charge < -0.3 is 4.84 Å². The summed E-state index contributed by atoms with van der Waals surface area (Å²) < 4.78 is 0. The van der Waals surface area contributed by atoms with Crippen molar-refractivity contribution in [2.24, 2.45) is 10.6 Å². The minimum Gasteiger partial charge on any atom is -0.391 e. The van der Waals surface area contributed by atoms with E-state index in [9.17, 15) is 0 Å². The Morgan fingerprint density at radius 2 is 2.22 bits per heavy atom. The maximum Gasteiger partial charge on any atom is 0.138 e. The molecule has 1 aliphatic rings. The average molecular weight is 126 g/mol. The summed E-state index contributed by atoms with van der Waals surface area (Å²) in [6.45, 7) is 6.42. The molecule has 2 nitrogen and oxygen atoms in total. The van der Waals surface area contributed by atoms with Crippen LogP contribution in [0.3, 0.4) is 0 Å². The zero-order valence-electron chi connectivity index (χ0n) is 6.14. The van der Waals surface area contributed by atoms with Gasteiger partial charge in [-0.1, -0.05) is 25.9 Å². The van der Waals surface area contributed by atoms with Gasteiger partial charge in [-0.25, -0.2) is 0 Å². The van der Waals surface area contributed by atoms with Crippen molar-refractivity contribution in [1.82, 2.24) is 0 Å². The summed E-state index contributed by atoms with van der Waals surface area (Å²) in [7, 11) is 0. The van der Waals surface area contributed by atoms with E-state index in [-0.39, 0.29) is 11.5 Å². The van der Waals surface area contributed by atoms with Crippen molar-refractivity contribution < 1.29 is 4.84 Å². The fourth-order valence-electron chi connectivity index (χ4n) is 0.723. The highest BCUT2D eigenvalue weighted by atomic mass is 16.6. The van der Waals surface area contributed by atoms with Crippen LogP contribution in [0.4, 0.5) is 0 Å². The van der Waals surface area contributed by atoms with Crippen LogP contribution in [0.15, 0.2) is 5.16 Å². The van der Waals surface area contributed by atoms with Gasteiger partial charge in [-0.05, 0) is 0 Å². The van der Waals surface area contributed by atoms with E-state index in [1.165, 1.54) is 0 Å². The summed E-state index contributed by atoms with van der Waals surface area (Å²) in [6, 6.07) is 0. The largest absolute Gasteiger partial charge is 0.391 e. The maximum atomic E-state index is 5.03. The van der Waals surface area contributed by atoms with Crippen LogP contribution < -0.4 is 0 Å². The van der Waals surface area contributed by atoms with Gasteiger partial charge in [0.25, 0.3) is 0 Å². The second-order valence-electron chi connectivity index (χ2n) is 3.41. The Kier molecular flexibility index (Phi) is 1.47. The van der Waals surface area contributed by atoms with Gasteiger partial charge in [-0.15, -0.1) is 0 Å². The molecule has 1 radical (unpaired) electrons. The second-order valence-corrected chi connectivity index (χ2v) is 3.41. The average Bonchev–Trinajstić information content (AvgIpc) is 2.08. The number of hydrogen-bond acceptors (Lipinski definition) is 2. The highest BCUT2D eigenvalue weighted by Crippen LogP contribution is 2.26. The summed E-state index contributed by atoms with van der Waals surface area (Å²) in [6.07, 6.45) is 3.85. The van der Waals surface area contributed by atoms with Crippen molar-refractivity contribution in [3.63, 3.8) is 0 Å². The third kappa shape index (κ3) is 1.44. The molecule has 0 spiro atoms. The Balaban J connectivity index is 2.46. The fourth-order valence-corrected chi connectivity index (χ4v) is 0.723. The molecule has 1 atom stereocenters. The molecule has 0 aromatic rings. The molecule has 0 N–H and O–H groups in total. The van der Waals surface area contributed by atoms with E-state index in [4.69, 9.17) is 4.84 Å². The van der Waals surface area contributed by atoms with E-state index in [1.54, 1.807) is 0 Å². The lowest BCUT2D eigenvalue weighted by Gasteiger charge is -2.23. The van der Waals surface area contributed by atoms with Crippen molar-refractivity contribution >= 4 is 6.21 Å². The smallest absolute Gasteiger partial charge is 0.138 e. The molecule has 0 saturated heterocycles. The molecule has 1 unspecified atom stereocenters. The van der Waals surface area contributed by atoms with E-state index in [0.29, 0.717) is 0 Å². The molecule has 9 heavy (non-hydrogen) atoms. The molecule has 1 heterocycles. The van der Waals surface area contributed by atoms with Gasteiger partial charge in [0.05, 0.1) is 0 Å². The first-order valence-electron chi connectivity index (χ1n) is 3.19. The van der Waals surface area contributed by atoms with Crippen LogP contribution in [0.5, 0.6) is 0 Å². The van der Waals surface area contributed by atoms with Crippen LogP contribution in [-0.2, 0) is 4.84 Å². The van der Waals surface area contributed by atoms with Crippen LogP contribution in [0.25, 0.3) is 0 Å². The Morgan fingerprint density at radius 1 is 1.56 bits per heavy atom. The number of hydrogen-bond donors (Lipinski definition) is 0. The molecule has 0 saturated carbocycles. The lowest BCUT2D eigenvalue weighted by molar-refractivity contribution is 0.00832. The van der Waals surface area contributed by atoms with Crippen LogP contribution in [0.1, 0.15) is 27.2 Å². The SMILES string of the molecule is CC(C)(C)C1C[C]=NO1. The van der Waals surface area contributed by atoms with E-state index in [1.807, 2.05) is 0 Å². The first kappa shape index (κ1) is 6.59. The van der Waals surface area contributed by atoms with Crippen LogP contribution in [0, 0.1) is 5.41 Å². The molecule has 0 aromatic heterocycles. The molecular formula is C7H12NO. The highest BCUT2D eigenvalue weighted by Gasteiger charge is 2.28. The normalized spacial score (nSPS) is 26.3. The van der Waals surface area contributed by atoms with E-state index >= 15 is 0 Å². The zero-order chi connectivity index (χ0) is 6.91. The van der Waals surface area contributed by atoms with Gasteiger partial charge in [0.15, 0.2) is 0 Å². The molecule has 0 aromatic carbocycles. The van der Waals surface area contributed by atoms with Gasteiger partial charge in [0.2, 0.25) is 0 Å². The summed E-state index contributed by atoms with van der Waals surface area (Å²) in [5.74, 6) is 0. The minimum absolute atomic E-state index is 0.201. The van der Waals surface area contributed by atoms with Crippen molar-refractivity contribution in [3.8, 4) is 0 Å². The molecule has 0 bridgehead atoms. The molecular weight excluding hydrogens is 114 g/mol. The van der Waals surface area contributed by atoms with Gasteiger partial charge in [0, 0.05) is 11.8 Å². The lowest BCUT2D eigenvalue weighted by atomic mass is 9.88. The summed E-state index contributed by atoms with van der Waals surface area (Å²) in [5, 5.41) is 3.58. The topological polar surface area (TPSA) is 21.6 Å². The molecule has 51 valence electrons. The molecule has 0 aliphatic carbocycles. The second kappa shape index (κ2) is 2.01. The Hall–Kier alpha value is -0.530. The third-order valence-corrected chi connectivity index (χ3v) is 1.49. The monoisotopic (exact) mass is 126 g/mol. The lowest BCUT2D eigenvalue weighted by Crippen LogP contribution is -2.25. The maximum absolute atomic E-state index is 5.03. The third-order valence-electron chi connectivity index (χ3n) is 1.49. The van der Waals surface area contributed by atoms with Crippen molar-refractivity contribution in [3.05, 3.63) is 0 Å². The number of rotatable bonds is 0. The van der Waals surface area contributed by atoms with E-state index < -0.39 is 0 Å². The Morgan fingerprint density at radius 3 is 2.44 bits per heavy atom. The van der Waals surface area contributed by atoms with Crippen LogP contribution >= 0.6 is 0 Å². The Bertz CT molecular complexity index is 115. The first-order chi connectivity index (χ1) is 4.11. The van der Waals surface area contributed by atoms with Gasteiger partial charge >= 0.3 is 0 Å². The van der Waals surface area contributed by atoms with Gasteiger partial charge in [-0.3, -0.25) is 0 Å². The molecule has 1 aliphatic heterocycles. The van der Waals surface area contributed by atoms with E-state index in [0.717, 1.165) is 6.42 Å². The minimum atomic E-state index is 0.201.